The normalized spacial score (nSPS) is 13.0. The number of carbonyl (C=O) groups is 1. The summed E-state index contributed by atoms with van der Waals surface area (Å²) in [4.78, 5) is 11.4. The standard InChI is InChI=1S/C15H23NO4S/c1-5-20-15(17)10-21(18,19)9-14(16-4)13-7-6-11(2)8-12(13)3/h6-8,14,16H,5,9-10H2,1-4H3. The SMILES string of the molecule is CCOC(=O)CS(=O)(=O)CC(NC)c1ccc(C)cc1C. The largest absolute Gasteiger partial charge is 0.465 e. The second-order valence-corrected chi connectivity index (χ2v) is 7.17. The summed E-state index contributed by atoms with van der Waals surface area (Å²) in [6.45, 7) is 5.77. The molecule has 0 spiro atoms. The van der Waals surface area contributed by atoms with Crippen molar-refractivity contribution in [3.8, 4) is 0 Å². The van der Waals surface area contributed by atoms with Gasteiger partial charge < -0.3 is 10.1 Å². The lowest BCUT2D eigenvalue weighted by Gasteiger charge is -2.19. The number of hydrogen-bond donors (Lipinski definition) is 1. The molecule has 0 aliphatic heterocycles. The van der Waals surface area contributed by atoms with E-state index in [0.717, 1.165) is 16.7 Å². The summed E-state index contributed by atoms with van der Waals surface area (Å²) in [5.41, 5.74) is 3.08. The van der Waals surface area contributed by atoms with Gasteiger partial charge in [-0.3, -0.25) is 4.79 Å². The summed E-state index contributed by atoms with van der Waals surface area (Å²) in [6, 6.07) is 5.54. The summed E-state index contributed by atoms with van der Waals surface area (Å²) in [6.07, 6.45) is 0. The molecule has 1 aromatic rings. The molecule has 0 saturated carbocycles. The molecule has 0 aliphatic rings. The highest BCUT2D eigenvalue weighted by Gasteiger charge is 2.24. The van der Waals surface area contributed by atoms with E-state index in [9.17, 15) is 13.2 Å². The molecule has 1 rings (SSSR count). The van der Waals surface area contributed by atoms with Gasteiger partial charge in [0, 0.05) is 6.04 Å². The van der Waals surface area contributed by atoms with Gasteiger partial charge in [-0.2, -0.15) is 0 Å². The number of esters is 1. The van der Waals surface area contributed by atoms with Gasteiger partial charge in [0.2, 0.25) is 0 Å². The lowest BCUT2D eigenvalue weighted by molar-refractivity contribution is -0.139. The minimum atomic E-state index is -3.53. The van der Waals surface area contributed by atoms with Crippen molar-refractivity contribution in [2.45, 2.75) is 26.8 Å². The van der Waals surface area contributed by atoms with E-state index in [4.69, 9.17) is 4.74 Å². The first-order valence-electron chi connectivity index (χ1n) is 6.89. The van der Waals surface area contributed by atoms with Crippen LogP contribution in [0, 0.1) is 13.8 Å². The molecular formula is C15H23NO4S. The third-order valence-corrected chi connectivity index (χ3v) is 4.73. The van der Waals surface area contributed by atoms with Crippen LogP contribution in [0.25, 0.3) is 0 Å². The second-order valence-electron chi connectivity index (χ2n) is 5.06. The number of aryl methyl sites for hydroxylation is 2. The van der Waals surface area contributed by atoms with E-state index in [-0.39, 0.29) is 18.4 Å². The molecule has 0 heterocycles. The molecule has 0 amide bonds. The van der Waals surface area contributed by atoms with Crippen LogP contribution in [-0.4, -0.2) is 39.5 Å². The van der Waals surface area contributed by atoms with Crippen LogP contribution in [0.4, 0.5) is 0 Å². The number of nitrogens with one attached hydrogen (secondary N) is 1. The summed E-state index contributed by atoms with van der Waals surface area (Å²) in [5, 5.41) is 3.01. The molecule has 0 aromatic heterocycles. The predicted octanol–water partition coefficient (Wildman–Crippen LogP) is 1.54. The first-order valence-corrected chi connectivity index (χ1v) is 8.71. The number of sulfone groups is 1. The molecule has 118 valence electrons. The Morgan fingerprint density at radius 3 is 2.52 bits per heavy atom. The number of hydrogen-bond acceptors (Lipinski definition) is 5. The predicted molar refractivity (Wildman–Crippen MR) is 83.0 cm³/mol. The highest BCUT2D eigenvalue weighted by molar-refractivity contribution is 7.92. The zero-order valence-electron chi connectivity index (χ0n) is 13.0. The molecule has 0 radical (unpaired) electrons. The molecule has 1 unspecified atom stereocenters. The van der Waals surface area contributed by atoms with E-state index < -0.39 is 21.6 Å². The molecule has 0 aliphatic carbocycles. The van der Waals surface area contributed by atoms with Crippen LogP contribution >= 0.6 is 0 Å². The minimum absolute atomic E-state index is 0.133. The van der Waals surface area contributed by atoms with Gasteiger partial charge in [-0.25, -0.2) is 8.42 Å². The Morgan fingerprint density at radius 2 is 2.00 bits per heavy atom. The van der Waals surface area contributed by atoms with Crippen molar-refractivity contribution < 1.29 is 17.9 Å². The molecule has 1 N–H and O–H groups in total. The van der Waals surface area contributed by atoms with Gasteiger partial charge in [0.05, 0.1) is 12.4 Å². The van der Waals surface area contributed by atoms with E-state index in [1.54, 1.807) is 14.0 Å². The summed E-state index contributed by atoms with van der Waals surface area (Å²) < 4.78 is 28.9. The summed E-state index contributed by atoms with van der Waals surface area (Å²) in [7, 11) is -1.81. The number of carbonyl (C=O) groups excluding carboxylic acids is 1. The van der Waals surface area contributed by atoms with Crippen LogP contribution < -0.4 is 5.32 Å². The van der Waals surface area contributed by atoms with E-state index in [1.165, 1.54) is 0 Å². The quantitative estimate of drug-likeness (QED) is 0.773. The lowest BCUT2D eigenvalue weighted by Crippen LogP contribution is -2.30. The van der Waals surface area contributed by atoms with Gasteiger partial charge in [-0.15, -0.1) is 0 Å². The van der Waals surface area contributed by atoms with Gasteiger partial charge >= 0.3 is 5.97 Å². The highest BCUT2D eigenvalue weighted by atomic mass is 32.2. The average molecular weight is 313 g/mol. The maximum Gasteiger partial charge on any atom is 0.321 e. The van der Waals surface area contributed by atoms with Crippen molar-refractivity contribution in [2.24, 2.45) is 0 Å². The van der Waals surface area contributed by atoms with Crippen LogP contribution in [0.1, 0.15) is 29.7 Å². The van der Waals surface area contributed by atoms with Crippen LogP contribution in [0.15, 0.2) is 18.2 Å². The van der Waals surface area contributed by atoms with Crippen molar-refractivity contribution in [3.63, 3.8) is 0 Å². The zero-order valence-corrected chi connectivity index (χ0v) is 13.8. The fourth-order valence-electron chi connectivity index (χ4n) is 2.24. The second kappa shape index (κ2) is 7.56. The first kappa shape index (κ1) is 17.7. The first-order chi connectivity index (χ1) is 9.79. The lowest BCUT2D eigenvalue weighted by atomic mass is 10.0. The van der Waals surface area contributed by atoms with E-state index >= 15 is 0 Å². The minimum Gasteiger partial charge on any atom is -0.465 e. The van der Waals surface area contributed by atoms with E-state index in [1.807, 2.05) is 32.0 Å². The smallest absolute Gasteiger partial charge is 0.321 e. The number of benzene rings is 1. The van der Waals surface area contributed by atoms with Gasteiger partial charge in [0.25, 0.3) is 0 Å². The van der Waals surface area contributed by atoms with Crippen LogP contribution in [0.3, 0.4) is 0 Å². The Balaban J connectivity index is 2.89. The van der Waals surface area contributed by atoms with Crippen molar-refractivity contribution in [1.29, 1.82) is 0 Å². The van der Waals surface area contributed by atoms with Crippen LogP contribution in [-0.2, 0) is 19.4 Å². The van der Waals surface area contributed by atoms with Gasteiger partial charge in [0.1, 0.15) is 5.75 Å². The number of ether oxygens (including phenoxy) is 1. The Labute approximate surface area is 126 Å². The van der Waals surface area contributed by atoms with Gasteiger partial charge in [0.15, 0.2) is 9.84 Å². The maximum absolute atomic E-state index is 12.1. The fourth-order valence-corrected chi connectivity index (χ4v) is 3.65. The topological polar surface area (TPSA) is 72.5 Å². The molecule has 6 heteroatoms. The molecule has 5 nitrogen and oxygen atoms in total. The van der Waals surface area contributed by atoms with Crippen molar-refractivity contribution >= 4 is 15.8 Å². The van der Waals surface area contributed by atoms with Crippen LogP contribution in [0.5, 0.6) is 0 Å². The van der Waals surface area contributed by atoms with Crippen molar-refractivity contribution in [3.05, 3.63) is 34.9 Å². The molecule has 1 atom stereocenters. The summed E-state index contributed by atoms with van der Waals surface area (Å²) in [5.74, 6) is -1.41. The highest BCUT2D eigenvalue weighted by Crippen LogP contribution is 2.20. The Kier molecular flexibility index (Phi) is 6.36. The van der Waals surface area contributed by atoms with E-state index in [2.05, 4.69) is 5.32 Å². The molecular weight excluding hydrogens is 290 g/mol. The molecule has 21 heavy (non-hydrogen) atoms. The monoisotopic (exact) mass is 313 g/mol. The molecule has 0 bridgehead atoms. The molecule has 0 fully saturated rings. The van der Waals surface area contributed by atoms with Gasteiger partial charge in [-0.05, 0) is 38.9 Å². The average Bonchev–Trinajstić information content (AvgIpc) is 2.36. The molecule has 1 aromatic carbocycles. The van der Waals surface area contributed by atoms with Crippen LogP contribution in [0.2, 0.25) is 0 Å². The Morgan fingerprint density at radius 1 is 1.33 bits per heavy atom. The van der Waals surface area contributed by atoms with Crippen molar-refractivity contribution in [1.82, 2.24) is 5.32 Å². The van der Waals surface area contributed by atoms with Crippen molar-refractivity contribution in [2.75, 3.05) is 25.2 Å². The van der Waals surface area contributed by atoms with E-state index in [0.29, 0.717) is 0 Å². The fraction of sp³-hybridized carbons (Fsp3) is 0.533. The maximum atomic E-state index is 12.1. The van der Waals surface area contributed by atoms with Gasteiger partial charge in [-0.1, -0.05) is 23.8 Å². The Bertz CT molecular complexity index is 596. The third kappa shape index (κ3) is 5.47. The number of rotatable bonds is 7. The third-order valence-electron chi connectivity index (χ3n) is 3.21. The molecule has 0 saturated heterocycles. The summed E-state index contributed by atoms with van der Waals surface area (Å²) >= 11 is 0. The zero-order chi connectivity index (χ0) is 16.0. The Hall–Kier alpha value is -1.40.